The van der Waals surface area contributed by atoms with Gasteiger partial charge >= 0.3 is 5.97 Å². The van der Waals surface area contributed by atoms with Crippen LogP contribution in [0.1, 0.15) is 46.3 Å². The van der Waals surface area contributed by atoms with Crippen LogP contribution in [0, 0.1) is 0 Å². The van der Waals surface area contributed by atoms with Gasteiger partial charge in [-0.05, 0) is 56.4 Å². The molecule has 132 valence electrons. The summed E-state index contributed by atoms with van der Waals surface area (Å²) in [6, 6.07) is 8.86. The molecule has 1 aromatic heterocycles. The molecule has 3 rings (SSSR count). The number of benzene rings is 1. The third-order valence-electron chi connectivity index (χ3n) is 4.23. The average molecular weight is 378 g/mol. The Kier molecular flexibility index (Phi) is 5.76. The van der Waals surface area contributed by atoms with Gasteiger partial charge in [0.1, 0.15) is 4.88 Å². The predicted octanol–water partition coefficient (Wildman–Crippen LogP) is 4.85. The van der Waals surface area contributed by atoms with E-state index in [9.17, 15) is 9.59 Å². The van der Waals surface area contributed by atoms with E-state index in [-0.39, 0.29) is 0 Å². The average Bonchev–Trinajstić information content (AvgIpc) is 2.88. The van der Waals surface area contributed by atoms with Crippen molar-refractivity contribution in [3.05, 3.63) is 50.7 Å². The summed E-state index contributed by atoms with van der Waals surface area (Å²) in [4.78, 5) is 26.4. The van der Waals surface area contributed by atoms with Gasteiger partial charge in [-0.2, -0.15) is 0 Å². The van der Waals surface area contributed by atoms with Crippen molar-refractivity contribution in [1.82, 2.24) is 0 Å². The van der Waals surface area contributed by atoms with Crippen molar-refractivity contribution < 1.29 is 14.3 Å². The predicted molar refractivity (Wildman–Crippen MR) is 101 cm³/mol. The Balaban J connectivity index is 1.62. The van der Waals surface area contributed by atoms with Crippen molar-refractivity contribution in [2.24, 2.45) is 0 Å². The number of para-hydroxylation sites is 1. The minimum absolute atomic E-state index is 0.403. The van der Waals surface area contributed by atoms with E-state index in [4.69, 9.17) is 16.3 Å². The maximum absolute atomic E-state index is 12.4. The quantitative estimate of drug-likeness (QED) is 0.611. The molecule has 6 heteroatoms. The molecule has 0 aliphatic heterocycles. The van der Waals surface area contributed by atoms with Crippen molar-refractivity contribution in [2.75, 3.05) is 5.32 Å². The molecule has 4 nitrogen and oxygen atoms in total. The SMILES string of the molecule is C[C@H](OC(=O)c1cc2c(s1)CCCCC2)C(=O)Nc1ccccc1Cl. The first kappa shape index (κ1) is 18.0. The Labute approximate surface area is 156 Å². The molecule has 0 fully saturated rings. The van der Waals surface area contributed by atoms with Crippen molar-refractivity contribution in [3.8, 4) is 0 Å². The number of halogens is 1. The van der Waals surface area contributed by atoms with Gasteiger partial charge in [0.05, 0.1) is 10.7 Å². The smallest absolute Gasteiger partial charge is 0.349 e. The van der Waals surface area contributed by atoms with E-state index in [0.717, 1.165) is 19.3 Å². The molecule has 0 bridgehead atoms. The lowest BCUT2D eigenvalue weighted by atomic mass is 10.1. The molecule has 0 saturated carbocycles. The number of carbonyl (C=O) groups is 2. The standard InChI is InChI=1S/C19H20ClNO3S/c1-12(18(22)21-15-9-6-5-8-14(15)20)24-19(23)17-11-13-7-3-2-4-10-16(13)25-17/h5-6,8-9,11-12H,2-4,7,10H2,1H3,(H,21,22)/t12-/m0/s1. The van der Waals surface area contributed by atoms with Gasteiger partial charge in [0.2, 0.25) is 0 Å². The molecule has 1 atom stereocenters. The summed E-state index contributed by atoms with van der Waals surface area (Å²) in [5.41, 5.74) is 1.75. The van der Waals surface area contributed by atoms with Crippen LogP contribution in [0.15, 0.2) is 30.3 Å². The highest BCUT2D eigenvalue weighted by Crippen LogP contribution is 2.29. The van der Waals surface area contributed by atoms with E-state index in [1.54, 1.807) is 31.2 Å². The zero-order valence-corrected chi connectivity index (χ0v) is 15.6. The molecule has 0 unspecified atom stereocenters. The molecule has 0 radical (unpaired) electrons. The fraction of sp³-hybridized carbons (Fsp3) is 0.368. The first-order valence-electron chi connectivity index (χ1n) is 8.42. The summed E-state index contributed by atoms with van der Waals surface area (Å²) < 4.78 is 5.34. The van der Waals surface area contributed by atoms with Crippen LogP contribution in [0.25, 0.3) is 0 Å². The van der Waals surface area contributed by atoms with E-state index in [0.29, 0.717) is 15.6 Å². The van der Waals surface area contributed by atoms with Crippen LogP contribution in [-0.2, 0) is 22.4 Å². The van der Waals surface area contributed by atoms with E-state index < -0.39 is 18.0 Å². The second-order valence-electron chi connectivity index (χ2n) is 6.14. The number of ether oxygens (including phenoxy) is 1. The van der Waals surface area contributed by atoms with E-state index in [1.165, 1.54) is 34.6 Å². The minimum atomic E-state index is -0.898. The number of rotatable bonds is 4. The molecule has 0 saturated heterocycles. The van der Waals surface area contributed by atoms with E-state index >= 15 is 0 Å². The van der Waals surface area contributed by atoms with Gasteiger partial charge in [-0.25, -0.2) is 4.79 Å². The lowest BCUT2D eigenvalue weighted by Gasteiger charge is -2.13. The second kappa shape index (κ2) is 8.02. The number of esters is 1. The Hall–Kier alpha value is -1.85. The molecule has 2 aromatic rings. The molecule has 1 N–H and O–H groups in total. The van der Waals surface area contributed by atoms with Crippen LogP contribution in [0.3, 0.4) is 0 Å². The van der Waals surface area contributed by atoms with Crippen molar-refractivity contribution in [2.45, 2.75) is 45.1 Å². The molecular weight excluding hydrogens is 358 g/mol. The van der Waals surface area contributed by atoms with Crippen molar-refractivity contribution in [1.29, 1.82) is 0 Å². The highest BCUT2D eigenvalue weighted by Gasteiger charge is 2.22. The largest absolute Gasteiger partial charge is 0.448 e. The van der Waals surface area contributed by atoms with E-state index in [1.807, 2.05) is 6.07 Å². The highest BCUT2D eigenvalue weighted by molar-refractivity contribution is 7.14. The second-order valence-corrected chi connectivity index (χ2v) is 7.68. The van der Waals surface area contributed by atoms with Crippen molar-refractivity contribution in [3.63, 3.8) is 0 Å². The Morgan fingerprint density at radius 3 is 2.76 bits per heavy atom. The van der Waals surface area contributed by atoms with Gasteiger partial charge in [0, 0.05) is 4.88 Å². The molecule has 1 heterocycles. The number of hydrogen-bond acceptors (Lipinski definition) is 4. The fourth-order valence-corrected chi connectivity index (χ4v) is 4.16. The molecular formula is C19H20ClNO3S. The summed E-state index contributed by atoms with van der Waals surface area (Å²) in [5, 5.41) is 3.12. The van der Waals surface area contributed by atoms with Crippen LogP contribution in [0.2, 0.25) is 5.02 Å². The van der Waals surface area contributed by atoms with Gasteiger partial charge < -0.3 is 10.1 Å². The Morgan fingerprint density at radius 2 is 1.96 bits per heavy atom. The number of thiophene rings is 1. The number of carbonyl (C=O) groups excluding carboxylic acids is 2. The van der Waals surface area contributed by atoms with Gasteiger partial charge in [-0.15, -0.1) is 11.3 Å². The monoisotopic (exact) mass is 377 g/mol. The number of nitrogens with one attached hydrogen (secondary N) is 1. The number of fused-ring (bicyclic) bond motifs is 1. The van der Waals surface area contributed by atoms with Gasteiger partial charge in [-0.3, -0.25) is 4.79 Å². The lowest BCUT2D eigenvalue weighted by Crippen LogP contribution is -2.29. The molecule has 1 aliphatic carbocycles. The zero-order valence-electron chi connectivity index (χ0n) is 14.0. The third-order valence-corrected chi connectivity index (χ3v) is 5.78. The van der Waals surface area contributed by atoms with Crippen LogP contribution in [-0.4, -0.2) is 18.0 Å². The summed E-state index contributed by atoms with van der Waals surface area (Å²) in [5.74, 6) is -0.848. The van der Waals surface area contributed by atoms with Crippen LogP contribution in [0.4, 0.5) is 5.69 Å². The van der Waals surface area contributed by atoms with Crippen LogP contribution in [0.5, 0.6) is 0 Å². The molecule has 1 amide bonds. The summed E-state index contributed by atoms with van der Waals surface area (Å²) in [7, 11) is 0. The summed E-state index contributed by atoms with van der Waals surface area (Å²) in [6.45, 7) is 1.56. The molecule has 25 heavy (non-hydrogen) atoms. The maximum atomic E-state index is 12.4. The minimum Gasteiger partial charge on any atom is -0.448 e. The molecule has 0 spiro atoms. The molecule has 1 aliphatic rings. The highest BCUT2D eigenvalue weighted by atomic mass is 35.5. The summed E-state index contributed by atoms with van der Waals surface area (Å²) >= 11 is 7.51. The number of hydrogen-bond donors (Lipinski definition) is 1. The molecule has 1 aromatic carbocycles. The first-order valence-corrected chi connectivity index (χ1v) is 9.62. The van der Waals surface area contributed by atoms with E-state index in [2.05, 4.69) is 5.32 Å². The number of anilines is 1. The topological polar surface area (TPSA) is 55.4 Å². The third kappa shape index (κ3) is 4.41. The van der Waals surface area contributed by atoms with Crippen molar-refractivity contribution >= 4 is 40.5 Å². The maximum Gasteiger partial charge on any atom is 0.349 e. The Morgan fingerprint density at radius 1 is 1.20 bits per heavy atom. The van der Waals surface area contributed by atoms with Gasteiger partial charge in [-0.1, -0.05) is 30.2 Å². The first-order chi connectivity index (χ1) is 12.0. The van der Waals surface area contributed by atoms with Gasteiger partial charge in [0.15, 0.2) is 6.10 Å². The fourth-order valence-electron chi connectivity index (χ4n) is 2.84. The lowest BCUT2D eigenvalue weighted by molar-refractivity contribution is -0.123. The summed E-state index contributed by atoms with van der Waals surface area (Å²) in [6.07, 6.45) is 4.71. The van der Waals surface area contributed by atoms with Crippen LogP contribution < -0.4 is 5.32 Å². The zero-order chi connectivity index (χ0) is 17.8. The van der Waals surface area contributed by atoms with Crippen LogP contribution >= 0.6 is 22.9 Å². The Bertz CT molecular complexity index is 763. The normalized spacial score (nSPS) is 15.0. The number of aryl methyl sites for hydroxylation is 2. The van der Waals surface area contributed by atoms with Gasteiger partial charge in [0.25, 0.3) is 5.91 Å². The number of amides is 1.